The first-order valence-corrected chi connectivity index (χ1v) is 8.90. The molecule has 5 heteroatoms. The molecule has 0 N–H and O–H groups in total. The topological polar surface area (TPSA) is 17.8 Å². The first-order valence-electron chi connectivity index (χ1n) is 7.77. The number of nitrogens with zero attached hydrogens (tertiary/aromatic N) is 2. The Morgan fingerprint density at radius 2 is 1.52 bits per heavy atom. The lowest BCUT2D eigenvalue weighted by molar-refractivity contribution is 0.834. The molecule has 0 aliphatic rings. The third-order valence-corrected chi connectivity index (χ3v) is 4.88. The highest BCUT2D eigenvalue weighted by Crippen LogP contribution is 2.32. The molecule has 1 heterocycles. The normalized spacial score (nSPS) is 11.2. The van der Waals surface area contributed by atoms with Crippen LogP contribution in [0.1, 0.15) is 5.56 Å². The van der Waals surface area contributed by atoms with Crippen LogP contribution in [0.5, 0.6) is 0 Å². The molecule has 0 radical (unpaired) electrons. The van der Waals surface area contributed by atoms with E-state index in [0.717, 1.165) is 33.0 Å². The van der Waals surface area contributed by atoms with Gasteiger partial charge in [0.2, 0.25) is 0 Å². The molecule has 0 bridgehead atoms. The smallest absolute Gasteiger partial charge is 0.142 e. The molecule has 0 aliphatic heterocycles. The lowest BCUT2D eigenvalue weighted by Crippen LogP contribution is -2.02. The van der Waals surface area contributed by atoms with Gasteiger partial charge in [-0.15, -0.1) is 0 Å². The van der Waals surface area contributed by atoms with Crippen LogP contribution in [0.4, 0.5) is 0 Å². The first kappa shape index (κ1) is 16.5. The summed E-state index contributed by atoms with van der Waals surface area (Å²) in [6.07, 6.45) is 0. The Kier molecular flexibility index (Phi) is 4.43. The van der Waals surface area contributed by atoms with Gasteiger partial charge < -0.3 is 4.57 Å². The van der Waals surface area contributed by atoms with Crippen molar-refractivity contribution >= 4 is 45.8 Å². The lowest BCUT2D eigenvalue weighted by atomic mass is 10.2. The molecule has 1 aromatic heterocycles. The Labute approximate surface area is 160 Å². The van der Waals surface area contributed by atoms with Crippen molar-refractivity contribution in [3.8, 4) is 11.4 Å². The van der Waals surface area contributed by atoms with E-state index in [9.17, 15) is 0 Å². The molecule has 0 saturated heterocycles. The fraction of sp³-hybridized carbons (Fsp3) is 0.0500. The van der Waals surface area contributed by atoms with Crippen LogP contribution in [-0.4, -0.2) is 9.55 Å². The molecule has 0 aliphatic carbocycles. The summed E-state index contributed by atoms with van der Waals surface area (Å²) in [6, 6.07) is 21.4. The Balaban J connectivity index is 1.90. The fourth-order valence-corrected chi connectivity index (χ4v) is 3.50. The van der Waals surface area contributed by atoms with Gasteiger partial charge in [-0.05, 0) is 48.0 Å². The van der Waals surface area contributed by atoms with E-state index in [1.54, 1.807) is 6.07 Å². The third-order valence-electron chi connectivity index (χ3n) is 4.08. The van der Waals surface area contributed by atoms with Crippen LogP contribution >= 0.6 is 34.8 Å². The second-order valence-corrected chi connectivity index (χ2v) is 7.04. The molecule has 25 heavy (non-hydrogen) atoms. The minimum Gasteiger partial charge on any atom is -0.319 e. The molecule has 124 valence electrons. The Bertz CT molecular complexity index is 1050. The summed E-state index contributed by atoms with van der Waals surface area (Å²) in [7, 11) is 0. The van der Waals surface area contributed by atoms with Crippen molar-refractivity contribution in [1.82, 2.24) is 9.55 Å². The van der Waals surface area contributed by atoms with Crippen molar-refractivity contribution < 1.29 is 0 Å². The summed E-state index contributed by atoms with van der Waals surface area (Å²) in [6.45, 7) is 0.673. The van der Waals surface area contributed by atoms with E-state index < -0.39 is 0 Å². The van der Waals surface area contributed by atoms with Gasteiger partial charge in [0.25, 0.3) is 0 Å². The van der Waals surface area contributed by atoms with Crippen LogP contribution in [0, 0.1) is 0 Å². The highest BCUT2D eigenvalue weighted by Gasteiger charge is 2.15. The van der Waals surface area contributed by atoms with E-state index in [2.05, 4.69) is 10.6 Å². The van der Waals surface area contributed by atoms with Gasteiger partial charge in [0.05, 0.1) is 16.1 Å². The molecule has 0 atom stereocenters. The predicted octanol–water partition coefficient (Wildman–Crippen LogP) is 6.71. The van der Waals surface area contributed by atoms with Crippen LogP contribution < -0.4 is 0 Å². The molecule has 3 aromatic carbocycles. The second kappa shape index (κ2) is 6.72. The quantitative estimate of drug-likeness (QED) is 0.382. The third kappa shape index (κ3) is 3.25. The zero-order valence-electron chi connectivity index (χ0n) is 13.1. The summed E-state index contributed by atoms with van der Waals surface area (Å²) in [5.74, 6) is 0.817. The molecule has 0 amide bonds. The van der Waals surface area contributed by atoms with Crippen LogP contribution in [0.25, 0.3) is 22.4 Å². The molecule has 0 unspecified atom stereocenters. The first-order chi connectivity index (χ1) is 12.1. The van der Waals surface area contributed by atoms with Crippen LogP contribution in [0.2, 0.25) is 15.1 Å². The molecule has 0 saturated carbocycles. The Morgan fingerprint density at radius 1 is 0.800 bits per heavy atom. The molecule has 2 nitrogen and oxygen atoms in total. The van der Waals surface area contributed by atoms with Crippen molar-refractivity contribution in [3.05, 3.63) is 87.4 Å². The number of rotatable bonds is 3. The van der Waals surface area contributed by atoms with Gasteiger partial charge in [0.15, 0.2) is 0 Å². The predicted molar refractivity (Wildman–Crippen MR) is 106 cm³/mol. The van der Waals surface area contributed by atoms with E-state index >= 15 is 0 Å². The average molecular weight is 388 g/mol. The molecule has 0 fully saturated rings. The Hall–Kier alpha value is -2.00. The van der Waals surface area contributed by atoms with Crippen molar-refractivity contribution in [2.24, 2.45) is 0 Å². The maximum absolute atomic E-state index is 6.43. The van der Waals surface area contributed by atoms with Crippen LogP contribution in [0.15, 0.2) is 66.7 Å². The van der Waals surface area contributed by atoms with Gasteiger partial charge in [0.1, 0.15) is 5.82 Å². The number of fused-ring (bicyclic) bond motifs is 1. The van der Waals surface area contributed by atoms with Gasteiger partial charge in [-0.1, -0.05) is 59.1 Å². The zero-order chi connectivity index (χ0) is 17.4. The van der Waals surface area contributed by atoms with Crippen LogP contribution in [-0.2, 0) is 6.54 Å². The number of hydrogen-bond acceptors (Lipinski definition) is 1. The summed E-state index contributed by atoms with van der Waals surface area (Å²) in [4.78, 5) is 4.80. The van der Waals surface area contributed by atoms with Gasteiger partial charge in [-0.2, -0.15) is 0 Å². The molecule has 4 aromatic rings. The maximum atomic E-state index is 6.43. The van der Waals surface area contributed by atoms with E-state index in [1.165, 1.54) is 0 Å². The van der Waals surface area contributed by atoms with Gasteiger partial charge in [-0.3, -0.25) is 0 Å². The number of aromatic nitrogens is 2. The highest BCUT2D eigenvalue weighted by molar-refractivity contribution is 6.36. The van der Waals surface area contributed by atoms with Gasteiger partial charge in [0, 0.05) is 22.2 Å². The van der Waals surface area contributed by atoms with E-state index in [0.29, 0.717) is 16.6 Å². The van der Waals surface area contributed by atoms with Crippen LogP contribution in [0.3, 0.4) is 0 Å². The van der Waals surface area contributed by atoms with E-state index in [4.69, 9.17) is 39.8 Å². The van der Waals surface area contributed by atoms with E-state index in [1.807, 2.05) is 54.6 Å². The highest BCUT2D eigenvalue weighted by atomic mass is 35.5. The summed E-state index contributed by atoms with van der Waals surface area (Å²) < 4.78 is 2.16. The second-order valence-electron chi connectivity index (χ2n) is 5.76. The largest absolute Gasteiger partial charge is 0.319 e. The number of imidazole rings is 1. The van der Waals surface area contributed by atoms with Crippen molar-refractivity contribution in [2.45, 2.75) is 6.54 Å². The number of benzene rings is 3. The zero-order valence-corrected chi connectivity index (χ0v) is 15.4. The molecular weight excluding hydrogens is 375 g/mol. The van der Waals surface area contributed by atoms with Crippen molar-refractivity contribution in [2.75, 3.05) is 0 Å². The number of halogens is 3. The summed E-state index contributed by atoms with van der Waals surface area (Å²) in [5, 5.41) is 1.91. The minimum atomic E-state index is 0.583. The standard InChI is InChI=1S/C20H13Cl3N2/c21-14-7-5-13(6-8-14)12-25-19-4-2-1-3-18(19)24-20(25)16-10-9-15(22)11-17(16)23/h1-11H,12H2. The van der Waals surface area contributed by atoms with Crippen molar-refractivity contribution in [1.29, 1.82) is 0 Å². The number of hydrogen-bond donors (Lipinski definition) is 0. The van der Waals surface area contributed by atoms with Crippen molar-refractivity contribution in [3.63, 3.8) is 0 Å². The van der Waals surface area contributed by atoms with E-state index in [-0.39, 0.29) is 0 Å². The number of para-hydroxylation sites is 2. The molecular formula is C20H13Cl3N2. The summed E-state index contributed by atoms with van der Waals surface area (Å²) in [5.41, 5.74) is 3.98. The average Bonchev–Trinajstić information content (AvgIpc) is 2.95. The summed E-state index contributed by atoms with van der Waals surface area (Å²) >= 11 is 18.5. The fourth-order valence-electron chi connectivity index (χ4n) is 2.88. The monoisotopic (exact) mass is 386 g/mol. The maximum Gasteiger partial charge on any atom is 0.142 e. The lowest BCUT2D eigenvalue weighted by Gasteiger charge is -2.11. The van der Waals surface area contributed by atoms with Gasteiger partial charge in [-0.25, -0.2) is 4.98 Å². The van der Waals surface area contributed by atoms with Gasteiger partial charge >= 0.3 is 0 Å². The SMILES string of the molecule is Clc1ccc(Cn2c(-c3ccc(Cl)cc3Cl)nc3ccccc32)cc1. The molecule has 0 spiro atoms. The minimum absolute atomic E-state index is 0.583. The Morgan fingerprint density at radius 3 is 2.28 bits per heavy atom. The molecule has 4 rings (SSSR count).